The van der Waals surface area contributed by atoms with E-state index in [-0.39, 0.29) is 0 Å². The van der Waals surface area contributed by atoms with Gasteiger partial charge in [-0.3, -0.25) is 0 Å². The first-order chi connectivity index (χ1) is 6.57. The first kappa shape index (κ1) is 10.8. The van der Waals surface area contributed by atoms with Crippen LogP contribution in [0.2, 0.25) is 0 Å². The van der Waals surface area contributed by atoms with Gasteiger partial charge in [0.1, 0.15) is 0 Å². The minimum atomic E-state index is 0.590. The maximum absolute atomic E-state index is 3.86. The summed E-state index contributed by atoms with van der Waals surface area (Å²) < 4.78 is 0. The molecule has 82 valence electrons. The second-order valence-electron chi connectivity index (χ2n) is 5.74. The molecule has 0 radical (unpaired) electrons. The summed E-state index contributed by atoms with van der Waals surface area (Å²) in [6, 6.07) is 1.59. The Balaban J connectivity index is 1.81. The molecule has 2 heteroatoms. The van der Waals surface area contributed by atoms with E-state index in [1.165, 1.54) is 31.4 Å². The summed E-state index contributed by atoms with van der Waals surface area (Å²) in [6.07, 6.45) is 5.55. The van der Waals surface area contributed by atoms with Crippen molar-refractivity contribution < 1.29 is 0 Å². The van der Waals surface area contributed by atoms with Crippen LogP contribution in [0.15, 0.2) is 0 Å². The topological polar surface area (TPSA) is 12.0 Å². The van der Waals surface area contributed by atoms with Crippen molar-refractivity contribution in [2.75, 3.05) is 5.75 Å². The number of nitrogens with one attached hydrogen (secondary N) is 1. The predicted molar refractivity (Wildman–Crippen MR) is 64.9 cm³/mol. The fourth-order valence-corrected chi connectivity index (χ4v) is 4.04. The van der Waals surface area contributed by atoms with Crippen molar-refractivity contribution in [3.05, 3.63) is 0 Å². The molecule has 2 aliphatic rings. The maximum Gasteiger partial charge on any atom is 0.0194 e. The smallest absolute Gasteiger partial charge is 0.0194 e. The molecule has 1 saturated carbocycles. The molecule has 1 aliphatic heterocycles. The summed E-state index contributed by atoms with van der Waals surface area (Å²) >= 11 is 2.13. The van der Waals surface area contributed by atoms with Gasteiger partial charge in [-0.2, -0.15) is 11.8 Å². The number of thioether (sulfide) groups is 1. The SMILES string of the molecule is CC1SCCC1NC1CCC(C)(C)C1. The molecule has 0 aromatic carbocycles. The molecule has 0 aromatic rings. The lowest BCUT2D eigenvalue weighted by molar-refractivity contribution is 0.351. The summed E-state index contributed by atoms with van der Waals surface area (Å²) in [5.74, 6) is 1.36. The Morgan fingerprint density at radius 3 is 2.57 bits per heavy atom. The van der Waals surface area contributed by atoms with Crippen LogP contribution in [0.1, 0.15) is 46.5 Å². The molecule has 1 heterocycles. The van der Waals surface area contributed by atoms with E-state index in [0.29, 0.717) is 5.41 Å². The number of rotatable bonds is 2. The monoisotopic (exact) mass is 213 g/mol. The summed E-state index contributed by atoms with van der Waals surface area (Å²) in [7, 11) is 0. The standard InChI is InChI=1S/C12H23NS/c1-9-11(5-7-14-9)13-10-4-6-12(2,3)8-10/h9-11,13H,4-8H2,1-3H3. The zero-order chi connectivity index (χ0) is 10.2. The normalized spacial score (nSPS) is 41.8. The van der Waals surface area contributed by atoms with Gasteiger partial charge in [-0.1, -0.05) is 20.8 Å². The summed E-state index contributed by atoms with van der Waals surface area (Å²) in [4.78, 5) is 0. The van der Waals surface area contributed by atoms with Gasteiger partial charge >= 0.3 is 0 Å². The van der Waals surface area contributed by atoms with Crippen LogP contribution >= 0.6 is 11.8 Å². The predicted octanol–water partition coefficient (Wildman–Crippen LogP) is 3.05. The van der Waals surface area contributed by atoms with Crippen LogP contribution in [0.3, 0.4) is 0 Å². The fraction of sp³-hybridized carbons (Fsp3) is 1.00. The van der Waals surface area contributed by atoms with Crippen molar-refractivity contribution >= 4 is 11.8 Å². The van der Waals surface area contributed by atoms with E-state index in [9.17, 15) is 0 Å². The Morgan fingerprint density at radius 1 is 1.29 bits per heavy atom. The van der Waals surface area contributed by atoms with Crippen LogP contribution < -0.4 is 5.32 Å². The van der Waals surface area contributed by atoms with Crippen LogP contribution in [0.4, 0.5) is 0 Å². The van der Waals surface area contributed by atoms with Gasteiger partial charge in [0.15, 0.2) is 0 Å². The van der Waals surface area contributed by atoms with Crippen LogP contribution in [0.25, 0.3) is 0 Å². The van der Waals surface area contributed by atoms with Gasteiger partial charge in [0.2, 0.25) is 0 Å². The van der Waals surface area contributed by atoms with E-state index in [2.05, 4.69) is 37.8 Å². The van der Waals surface area contributed by atoms with E-state index < -0.39 is 0 Å². The van der Waals surface area contributed by atoms with Gasteiger partial charge in [-0.05, 0) is 36.9 Å². The van der Waals surface area contributed by atoms with Gasteiger partial charge in [-0.25, -0.2) is 0 Å². The Kier molecular flexibility index (Phi) is 3.13. The van der Waals surface area contributed by atoms with Gasteiger partial charge in [-0.15, -0.1) is 0 Å². The first-order valence-electron chi connectivity index (χ1n) is 5.94. The van der Waals surface area contributed by atoms with E-state index >= 15 is 0 Å². The van der Waals surface area contributed by atoms with Crippen molar-refractivity contribution in [1.82, 2.24) is 5.32 Å². The van der Waals surface area contributed by atoms with E-state index in [1.807, 2.05) is 0 Å². The van der Waals surface area contributed by atoms with Gasteiger partial charge < -0.3 is 5.32 Å². The molecule has 0 spiro atoms. The molecule has 1 saturated heterocycles. The lowest BCUT2D eigenvalue weighted by Crippen LogP contribution is -2.40. The minimum absolute atomic E-state index is 0.590. The van der Waals surface area contributed by atoms with Gasteiger partial charge in [0.05, 0.1) is 0 Å². The molecule has 2 fully saturated rings. The largest absolute Gasteiger partial charge is 0.310 e. The molecule has 3 atom stereocenters. The third-order valence-corrected chi connectivity index (χ3v) is 5.12. The molecule has 0 aromatic heterocycles. The highest BCUT2D eigenvalue weighted by Crippen LogP contribution is 2.38. The highest BCUT2D eigenvalue weighted by Gasteiger charge is 2.34. The molecule has 1 nitrogen and oxygen atoms in total. The molecule has 1 aliphatic carbocycles. The summed E-state index contributed by atoms with van der Waals surface area (Å²) in [6.45, 7) is 7.18. The van der Waals surface area contributed by atoms with E-state index in [1.54, 1.807) is 0 Å². The molecule has 1 N–H and O–H groups in total. The van der Waals surface area contributed by atoms with Crippen molar-refractivity contribution in [3.63, 3.8) is 0 Å². The zero-order valence-corrected chi connectivity index (χ0v) is 10.5. The highest BCUT2D eigenvalue weighted by molar-refractivity contribution is 8.00. The molecule has 0 bridgehead atoms. The molecule has 14 heavy (non-hydrogen) atoms. The van der Waals surface area contributed by atoms with Gasteiger partial charge in [0.25, 0.3) is 0 Å². The lowest BCUT2D eigenvalue weighted by Gasteiger charge is -2.23. The Morgan fingerprint density at radius 2 is 2.07 bits per heavy atom. The first-order valence-corrected chi connectivity index (χ1v) is 6.99. The number of hydrogen-bond acceptors (Lipinski definition) is 2. The molecule has 3 unspecified atom stereocenters. The van der Waals surface area contributed by atoms with Crippen LogP contribution in [-0.4, -0.2) is 23.1 Å². The second kappa shape index (κ2) is 4.05. The third kappa shape index (κ3) is 2.46. The maximum atomic E-state index is 3.86. The van der Waals surface area contributed by atoms with Crippen molar-refractivity contribution in [2.45, 2.75) is 63.8 Å². The van der Waals surface area contributed by atoms with Gasteiger partial charge in [0, 0.05) is 17.3 Å². The number of hydrogen-bond donors (Lipinski definition) is 1. The second-order valence-corrected chi connectivity index (χ2v) is 7.23. The van der Waals surface area contributed by atoms with Crippen LogP contribution in [0.5, 0.6) is 0 Å². The lowest BCUT2D eigenvalue weighted by atomic mass is 9.91. The molecule has 2 rings (SSSR count). The highest BCUT2D eigenvalue weighted by atomic mass is 32.2. The van der Waals surface area contributed by atoms with E-state index in [4.69, 9.17) is 0 Å². The molecular formula is C12H23NS. The Bertz CT molecular complexity index is 202. The van der Waals surface area contributed by atoms with Crippen molar-refractivity contribution in [2.24, 2.45) is 5.41 Å². The summed E-state index contributed by atoms with van der Waals surface area (Å²) in [5, 5.41) is 4.69. The fourth-order valence-electron chi connectivity index (χ4n) is 2.83. The van der Waals surface area contributed by atoms with E-state index in [0.717, 1.165) is 17.3 Å². The Labute approximate surface area is 92.4 Å². The zero-order valence-electron chi connectivity index (χ0n) is 9.68. The van der Waals surface area contributed by atoms with Crippen LogP contribution in [-0.2, 0) is 0 Å². The Hall–Kier alpha value is 0.310. The minimum Gasteiger partial charge on any atom is -0.310 e. The van der Waals surface area contributed by atoms with Crippen LogP contribution in [0, 0.1) is 5.41 Å². The molecule has 0 amide bonds. The molecular weight excluding hydrogens is 190 g/mol. The quantitative estimate of drug-likeness (QED) is 0.756. The third-order valence-electron chi connectivity index (χ3n) is 3.79. The summed E-state index contributed by atoms with van der Waals surface area (Å²) in [5.41, 5.74) is 0.590. The van der Waals surface area contributed by atoms with Crippen molar-refractivity contribution in [3.8, 4) is 0 Å². The van der Waals surface area contributed by atoms with Crippen molar-refractivity contribution in [1.29, 1.82) is 0 Å². The average molecular weight is 213 g/mol. The average Bonchev–Trinajstić information content (AvgIpc) is 2.61.